The van der Waals surface area contributed by atoms with Gasteiger partial charge in [-0.2, -0.15) is 0 Å². The second kappa shape index (κ2) is 9.60. The van der Waals surface area contributed by atoms with Gasteiger partial charge in [-0.15, -0.1) is 5.10 Å². The van der Waals surface area contributed by atoms with Crippen molar-refractivity contribution in [3.63, 3.8) is 0 Å². The molecule has 4 rings (SSSR count). The molecule has 0 saturated carbocycles. The summed E-state index contributed by atoms with van der Waals surface area (Å²) in [6.45, 7) is 3.80. The van der Waals surface area contributed by atoms with Crippen LogP contribution in [0.3, 0.4) is 0 Å². The number of ether oxygens (including phenoxy) is 1. The second-order valence-corrected chi connectivity index (χ2v) is 7.75. The maximum Gasteiger partial charge on any atom is 0.407 e. The molecule has 2 amide bonds. The number of carbonyl (C=O) groups is 3. The number of tetrazole rings is 1. The zero-order valence-electron chi connectivity index (χ0n) is 18.5. The maximum absolute atomic E-state index is 12.8. The quantitative estimate of drug-likeness (QED) is 0.509. The fourth-order valence-electron chi connectivity index (χ4n) is 3.50. The van der Waals surface area contributed by atoms with E-state index in [2.05, 4.69) is 30.8 Å². The van der Waals surface area contributed by atoms with Gasteiger partial charge in [-0.05, 0) is 53.1 Å². The number of carboxylic acid groups (broad SMARTS) is 1. The van der Waals surface area contributed by atoms with E-state index in [0.29, 0.717) is 24.5 Å². The Kier molecular flexibility index (Phi) is 6.43. The first-order chi connectivity index (χ1) is 16.3. The fourth-order valence-corrected chi connectivity index (χ4v) is 3.50. The largest absolute Gasteiger partial charge is 0.465 e. The number of anilines is 1. The highest BCUT2D eigenvalue weighted by molar-refractivity contribution is 6.02. The van der Waals surface area contributed by atoms with Crippen LogP contribution in [0.5, 0.6) is 0 Å². The number of esters is 1. The summed E-state index contributed by atoms with van der Waals surface area (Å²) in [6, 6.07) is 6.26. The molecule has 4 heterocycles. The van der Waals surface area contributed by atoms with Crippen molar-refractivity contribution in [1.82, 2.24) is 35.1 Å². The Hall–Kier alpha value is -4.42. The molecule has 0 fully saturated rings. The van der Waals surface area contributed by atoms with Crippen molar-refractivity contribution in [2.24, 2.45) is 0 Å². The Balaban J connectivity index is 1.50. The summed E-state index contributed by atoms with van der Waals surface area (Å²) >= 11 is 0. The van der Waals surface area contributed by atoms with Crippen molar-refractivity contribution in [3.8, 4) is 11.5 Å². The van der Waals surface area contributed by atoms with Crippen LogP contribution >= 0.6 is 0 Å². The molecule has 2 N–H and O–H groups in total. The summed E-state index contributed by atoms with van der Waals surface area (Å²) in [6.07, 6.45) is 1.15. The monoisotopic (exact) mass is 466 g/mol. The Bertz CT molecular complexity index is 1240. The Labute approximate surface area is 193 Å². The van der Waals surface area contributed by atoms with Crippen molar-refractivity contribution in [3.05, 3.63) is 47.3 Å². The van der Waals surface area contributed by atoms with E-state index in [1.165, 1.54) is 16.5 Å². The first-order valence-corrected chi connectivity index (χ1v) is 10.5. The van der Waals surface area contributed by atoms with E-state index >= 15 is 0 Å². The van der Waals surface area contributed by atoms with Gasteiger partial charge in [0.15, 0.2) is 0 Å². The van der Waals surface area contributed by atoms with E-state index in [1.54, 1.807) is 37.4 Å². The van der Waals surface area contributed by atoms with Crippen LogP contribution in [-0.4, -0.2) is 71.3 Å². The van der Waals surface area contributed by atoms with Gasteiger partial charge in [-0.25, -0.2) is 14.5 Å². The molecular weight excluding hydrogens is 444 g/mol. The summed E-state index contributed by atoms with van der Waals surface area (Å²) in [5.41, 5.74) is 2.23. The van der Waals surface area contributed by atoms with E-state index in [9.17, 15) is 19.5 Å². The van der Waals surface area contributed by atoms with Crippen molar-refractivity contribution in [1.29, 1.82) is 0 Å². The van der Waals surface area contributed by atoms with Crippen LogP contribution in [0.2, 0.25) is 0 Å². The number of fused-ring (bicyclic) bond motifs is 1. The van der Waals surface area contributed by atoms with E-state index in [1.807, 2.05) is 0 Å². The van der Waals surface area contributed by atoms with Crippen LogP contribution in [0.1, 0.15) is 41.5 Å². The van der Waals surface area contributed by atoms with Crippen LogP contribution in [0.15, 0.2) is 30.5 Å². The topological polar surface area (TPSA) is 165 Å². The first-order valence-electron chi connectivity index (χ1n) is 10.5. The number of hydrogen-bond donors (Lipinski definition) is 2. The molecule has 0 spiro atoms. The predicted octanol–water partition coefficient (Wildman–Crippen LogP) is 1.54. The molecule has 176 valence electrons. The van der Waals surface area contributed by atoms with Crippen molar-refractivity contribution < 1.29 is 24.2 Å². The average molecular weight is 466 g/mol. The van der Waals surface area contributed by atoms with Crippen LogP contribution in [0.25, 0.3) is 11.5 Å². The molecule has 1 aliphatic rings. The summed E-state index contributed by atoms with van der Waals surface area (Å²) in [5.74, 6) is -0.286. The van der Waals surface area contributed by atoms with Crippen LogP contribution in [0, 0.1) is 0 Å². The highest BCUT2D eigenvalue weighted by Crippen LogP contribution is 2.21. The van der Waals surface area contributed by atoms with Crippen LogP contribution < -0.4 is 5.32 Å². The van der Waals surface area contributed by atoms with Gasteiger partial charge < -0.3 is 20.1 Å². The number of nitrogens with zero attached hydrogens (tertiary/aromatic N) is 7. The van der Waals surface area contributed by atoms with Gasteiger partial charge in [0.2, 0.25) is 5.82 Å². The second-order valence-electron chi connectivity index (χ2n) is 7.75. The predicted molar refractivity (Wildman–Crippen MR) is 117 cm³/mol. The highest BCUT2D eigenvalue weighted by Gasteiger charge is 2.22. The molecule has 0 unspecified atom stereocenters. The number of amides is 2. The lowest BCUT2D eigenvalue weighted by Gasteiger charge is -2.26. The molecule has 0 saturated heterocycles. The van der Waals surface area contributed by atoms with Gasteiger partial charge in [0.25, 0.3) is 5.91 Å². The molecular formula is C21H22N8O5. The summed E-state index contributed by atoms with van der Waals surface area (Å²) in [7, 11) is 0. The van der Waals surface area contributed by atoms with Gasteiger partial charge in [-0.1, -0.05) is 6.07 Å². The lowest BCUT2D eigenvalue weighted by atomic mass is 10.0. The molecule has 0 aromatic carbocycles. The number of hydrogen-bond acceptors (Lipinski definition) is 9. The highest BCUT2D eigenvalue weighted by atomic mass is 16.5. The minimum Gasteiger partial charge on any atom is -0.465 e. The van der Waals surface area contributed by atoms with E-state index in [0.717, 1.165) is 11.1 Å². The minimum absolute atomic E-state index is 0.0904. The third-order valence-corrected chi connectivity index (χ3v) is 5.26. The number of nitrogens with one attached hydrogen (secondary N) is 1. The van der Waals surface area contributed by atoms with E-state index in [-0.39, 0.29) is 30.7 Å². The molecule has 13 heteroatoms. The normalized spacial score (nSPS) is 13.6. The summed E-state index contributed by atoms with van der Waals surface area (Å²) < 4.78 is 6.51. The lowest BCUT2D eigenvalue weighted by molar-refractivity contribution is -0.142. The van der Waals surface area contributed by atoms with E-state index < -0.39 is 18.0 Å². The van der Waals surface area contributed by atoms with Gasteiger partial charge >= 0.3 is 12.1 Å². The van der Waals surface area contributed by atoms with Gasteiger partial charge in [0.05, 0.1) is 6.04 Å². The molecule has 3 aromatic rings. The Morgan fingerprint density at radius 2 is 2.09 bits per heavy atom. The smallest absolute Gasteiger partial charge is 0.407 e. The molecule has 0 bridgehead atoms. The standard InChI is InChI=1S/C21H22N8O5/c1-12(11-34-13(2)30)29-19(25-26-27-29)16-4-3-5-18(23-16)24-20(31)17-8-15-10-28(21(32)33)7-6-14(15)9-22-17/h3-5,8-9,12H,6-7,10-11H2,1-2H3,(H,32,33)(H,23,24,31)/t12-/m1/s1. The fraction of sp³-hybridized carbons (Fsp3) is 0.333. The van der Waals surface area contributed by atoms with Crippen LogP contribution in [-0.2, 0) is 22.5 Å². The van der Waals surface area contributed by atoms with Gasteiger partial charge in [0.1, 0.15) is 23.8 Å². The molecule has 0 aliphatic carbocycles. The zero-order chi connectivity index (χ0) is 24.2. The third-order valence-electron chi connectivity index (χ3n) is 5.26. The maximum atomic E-state index is 12.8. The Morgan fingerprint density at radius 1 is 1.26 bits per heavy atom. The average Bonchev–Trinajstić information content (AvgIpc) is 3.32. The number of carbonyl (C=O) groups excluding carboxylic acids is 2. The van der Waals surface area contributed by atoms with Gasteiger partial charge in [-0.3, -0.25) is 14.6 Å². The molecule has 1 atom stereocenters. The molecule has 13 nitrogen and oxygen atoms in total. The molecule has 34 heavy (non-hydrogen) atoms. The third kappa shape index (κ3) is 4.98. The SMILES string of the molecule is CC(=O)OC[C@@H](C)n1nnnc1-c1cccc(NC(=O)c2cc3c(cn2)CCN(C(=O)O)C3)n1. The van der Waals surface area contributed by atoms with Gasteiger partial charge in [0, 0.05) is 26.2 Å². The van der Waals surface area contributed by atoms with E-state index in [4.69, 9.17) is 4.74 Å². The number of aromatic nitrogens is 6. The van der Waals surface area contributed by atoms with Crippen LogP contribution in [0.4, 0.5) is 10.6 Å². The number of rotatable bonds is 6. The summed E-state index contributed by atoms with van der Waals surface area (Å²) in [4.78, 5) is 45.1. The zero-order valence-corrected chi connectivity index (χ0v) is 18.5. The minimum atomic E-state index is -1.00. The summed E-state index contributed by atoms with van der Waals surface area (Å²) in [5, 5.41) is 23.6. The molecule has 3 aromatic heterocycles. The van der Waals surface area contributed by atoms with Crippen molar-refractivity contribution >= 4 is 23.8 Å². The Morgan fingerprint density at radius 3 is 2.85 bits per heavy atom. The van der Waals surface area contributed by atoms with Crippen molar-refractivity contribution in [2.45, 2.75) is 32.9 Å². The first kappa shape index (κ1) is 22.8. The molecule has 0 radical (unpaired) electrons. The lowest BCUT2D eigenvalue weighted by Crippen LogP contribution is -2.35. The van der Waals surface area contributed by atoms with Crippen molar-refractivity contribution in [2.75, 3.05) is 18.5 Å². The number of pyridine rings is 2. The molecule has 1 aliphatic heterocycles.